The molecular weight excluding hydrogens is 293 g/mol. The van der Waals surface area contributed by atoms with Crippen molar-refractivity contribution >= 4 is 28.9 Å². The number of rotatable bonds is 3. The molecule has 2 atom stereocenters. The number of halogens is 2. The minimum atomic E-state index is -2.14. The van der Waals surface area contributed by atoms with Gasteiger partial charge in [-0.15, -0.1) is 0 Å². The normalized spacial score (nSPS) is 25.5. The van der Waals surface area contributed by atoms with Crippen LogP contribution in [0.2, 0.25) is 0 Å². The third-order valence-electron chi connectivity index (χ3n) is 3.61. The lowest BCUT2D eigenvalue weighted by molar-refractivity contribution is -0.122. The van der Waals surface area contributed by atoms with Crippen molar-refractivity contribution in [3.05, 3.63) is 52.6 Å². The van der Waals surface area contributed by atoms with Gasteiger partial charge in [0.1, 0.15) is 5.92 Å². The molecule has 1 aliphatic carbocycles. The molecule has 1 aromatic carbocycles. The fraction of sp³-hybridized carbons (Fsp3) is 0.250. The lowest BCUT2D eigenvalue weighted by Gasteiger charge is -2.34. The van der Waals surface area contributed by atoms with E-state index in [4.69, 9.17) is 17.3 Å². The second-order valence-electron chi connectivity index (χ2n) is 5.15. The smallest absolute Gasteiger partial charge is 0.228 e. The predicted octanol–water partition coefficient (Wildman–Crippen LogP) is 3.00. The van der Waals surface area contributed by atoms with Crippen LogP contribution in [0.5, 0.6) is 0 Å². The highest BCUT2D eigenvalue weighted by Crippen LogP contribution is 2.46. The van der Waals surface area contributed by atoms with Gasteiger partial charge in [-0.25, -0.2) is 4.39 Å². The minimum Gasteiger partial charge on any atom is -0.369 e. The molecule has 0 fully saturated rings. The number of allylic oxidation sites excluding steroid dienone is 3. The minimum absolute atomic E-state index is 0.198. The van der Waals surface area contributed by atoms with E-state index in [-0.39, 0.29) is 22.0 Å². The van der Waals surface area contributed by atoms with E-state index in [1.807, 2.05) is 0 Å². The van der Waals surface area contributed by atoms with Crippen LogP contribution in [0, 0.1) is 5.92 Å². The van der Waals surface area contributed by atoms with Gasteiger partial charge in [0.25, 0.3) is 0 Å². The molecule has 0 bridgehead atoms. The first-order valence-corrected chi connectivity index (χ1v) is 6.81. The first-order valence-electron chi connectivity index (χ1n) is 6.43. The number of ketones is 1. The van der Waals surface area contributed by atoms with E-state index < -0.39 is 17.5 Å². The standard InChI is InChI=1S/C16H15ClFNO2/c1-9(20)11-8-12(17)16(2,18)14(15(19)21)13(11)10-6-4-3-5-7-10/h3-8,14H,1-2H3,(H2,19,21). The molecule has 21 heavy (non-hydrogen) atoms. The largest absolute Gasteiger partial charge is 0.369 e. The molecule has 110 valence electrons. The lowest BCUT2D eigenvalue weighted by Crippen LogP contribution is -2.43. The number of hydrogen-bond donors (Lipinski definition) is 1. The summed E-state index contributed by atoms with van der Waals surface area (Å²) < 4.78 is 14.9. The molecule has 0 saturated carbocycles. The average molecular weight is 308 g/mol. The second-order valence-corrected chi connectivity index (χ2v) is 5.56. The fourth-order valence-corrected chi connectivity index (χ4v) is 2.77. The number of benzene rings is 1. The molecule has 1 amide bonds. The van der Waals surface area contributed by atoms with Crippen molar-refractivity contribution in [3.8, 4) is 0 Å². The van der Waals surface area contributed by atoms with Crippen molar-refractivity contribution in [2.24, 2.45) is 11.7 Å². The van der Waals surface area contributed by atoms with E-state index in [2.05, 4.69) is 0 Å². The second kappa shape index (κ2) is 5.45. The zero-order chi connectivity index (χ0) is 15.8. The molecule has 0 aromatic heterocycles. The number of alkyl halides is 1. The van der Waals surface area contributed by atoms with Gasteiger partial charge in [-0.1, -0.05) is 41.9 Å². The van der Waals surface area contributed by atoms with E-state index in [0.29, 0.717) is 5.56 Å². The van der Waals surface area contributed by atoms with Crippen LogP contribution < -0.4 is 5.73 Å². The molecule has 2 N–H and O–H groups in total. The molecule has 1 aromatic rings. The van der Waals surface area contributed by atoms with Gasteiger partial charge in [0.05, 0.1) is 5.03 Å². The van der Waals surface area contributed by atoms with E-state index in [0.717, 1.165) is 0 Å². The Bertz CT molecular complexity index is 662. The first kappa shape index (κ1) is 15.4. The Kier molecular flexibility index (Phi) is 4.01. The zero-order valence-electron chi connectivity index (χ0n) is 11.7. The molecule has 2 rings (SSSR count). The number of nitrogens with two attached hydrogens (primary N) is 1. The van der Waals surface area contributed by atoms with E-state index in [9.17, 15) is 14.0 Å². The number of amides is 1. The SMILES string of the molecule is CC(=O)C1=C(c2ccccc2)C(C(N)=O)C(C)(F)C(Cl)=C1. The Morgan fingerprint density at radius 3 is 2.33 bits per heavy atom. The highest BCUT2D eigenvalue weighted by atomic mass is 35.5. The highest BCUT2D eigenvalue weighted by Gasteiger charge is 2.47. The number of primary amides is 1. The monoisotopic (exact) mass is 307 g/mol. The van der Waals surface area contributed by atoms with Gasteiger partial charge in [0.15, 0.2) is 11.5 Å². The van der Waals surface area contributed by atoms with Crippen molar-refractivity contribution < 1.29 is 14.0 Å². The van der Waals surface area contributed by atoms with Gasteiger partial charge < -0.3 is 5.73 Å². The van der Waals surface area contributed by atoms with E-state index >= 15 is 0 Å². The fourth-order valence-electron chi connectivity index (χ4n) is 2.55. The molecule has 0 radical (unpaired) electrons. The average Bonchev–Trinajstić information content (AvgIpc) is 2.41. The van der Waals surface area contributed by atoms with Crippen LogP contribution in [0.4, 0.5) is 4.39 Å². The number of Topliss-reactive ketones (excluding diaryl/α,β-unsaturated/α-hetero) is 1. The van der Waals surface area contributed by atoms with Crippen LogP contribution in [-0.2, 0) is 9.59 Å². The van der Waals surface area contributed by atoms with Gasteiger partial charge in [0.2, 0.25) is 5.91 Å². The molecule has 5 heteroatoms. The van der Waals surface area contributed by atoms with Crippen LogP contribution in [0.1, 0.15) is 19.4 Å². The molecule has 3 nitrogen and oxygen atoms in total. The number of carbonyl (C=O) groups excluding carboxylic acids is 2. The van der Waals surface area contributed by atoms with Crippen molar-refractivity contribution in [2.75, 3.05) is 0 Å². The Labute approximate surface area is 127 Å². The summed E-state index contributed by atoms with van der Waals surface area (Å²) in [5, 5.41) is -0.198. The molecule has 0 saturated heterocycles. The van der Waals surface area contributed by atoms with Crippen LogP contribution >= 0.6 is 11.6 Å². The summed E-state index contributed by atoms with van der Waals surface area (Å²) in [5.74, 6) is -2.46. The first-order chi connectivity index (χ1) is 9.76. The number of hydrogen-bond acceptors (Lipinski definition) is 2. The number of carbonyl (C=O) groups is 2. The summed E-state index contributed by atoms with van der Waals surface area (Å²) in [6.07, 6.45) is 1.28. The van der Waals surface area contributed by atoms with Gasteiger partial charge in [-0.05, 0) is 31.1 Å². The molecular formula is C16H15ClFNO2. The van der Waals surface area contributed by atoms with Crippen LogP contribution in [0.15, 0.2) is 47.0 Å². The summed E-state index contributed by atoms with van der Waals surface area (Å²) >= 11 is 5.93. The maximum Gasteiger partial charge on any atom is 0.228 e. The summed E-state index contributed by atoms with van der Waals surface area (Å²) in [4.78, 5) is 23.7. The summed E-state index contributed by atoms with van der Waals surface area (Å²) in [6.45, 7) is 2.54. The zero-order valence-corrected chi connectivity index (χ0v) is 12.4. The van der Waals surface area contributed by atoms with Crippen LogP contribution in [-0.4, -0.2) is 17.4 Å². The Hall–Kier alpha value is -1.94. The Morgan fingerprint density at radius 1 is 1.29 bits per heavy atom. The summed E-state index contributed by atoms with van der Waals surface area (Å²) in [7, 11) is 0. The molecule has 1 aliphatic rings. The molecule has 0 heterocycles. The van der Waals surface area contributed by atoms with Gasteiger partial charge in [-0.2, -0.15) is 0 Å². The molecule has 0 aliphatic heterocycles. The maximum absolute atomic E-state index is 14.9. The Balaban J connectivity index is 2.80. The maximum atomic E-state index is 14.9. The summed E-state index contributed by atoms with van der Waals surface area (Å²) in [5.41, 5.74) is 4.32. The summed E-state index contributed by atoms with van der Waals surface area (Å²) in [6, 6.07) is 8.69. The van der Waals surface area contributed by atoms with E-state index in [1.54, 1.807) is 30.3 Å². The van der Waals surface area contributed by atoms with Crippen LogP contribution in [0.3, 0.4) is 0 Å². The predicted molar refractivity (Wildman–Crippen MR) is 80.2 cm³/mol. The third kappa shape index (κ3) is 2.63. The molecule has 0 spiro atoms. The lowest BCUT2D eigenvalue weighted by atomic mass is 9.74. The Morgan fingerprint density at radius 2 is 1.86 bits per heavy atom. The van der Waals surface area contributed by atoms with E-state index in [1.165, 1.54) is 19.9 Å². The quantitative estimate of drug-likeness (QED) is 0.933. The van der Waals surface area contributed by atoms with Gasteiger partial charge in [0, 0.05) is 5.57 Å². The topological polar surface area (TPSA) is 60.2 Å². The molecule has 2 unspecified atom stereocenters. The van der Waals surface area contributed by atoms with Crippen LogP contribution in [0.25, 0.3) is 5.57 Å². The van der Waals surface area contributed by atoms with Gasteiger partial charge in [-0.3, -0.25) is 9.59 Å². The van der Waals surface area contributed by atoms with Crippen molar-refractivity contribution in [1.29, 1.82) is 0 Å². The van der Waals surface area contributed by atoms with Crippen molar-refractivity contribution in [2.45, 2.75) is 19.5 Å². The van der Waals surface area contributed by atoms with Gasteiger partial charge >= 0.3 is 0 Å². The van der Waals surface area contributed by atoms with Crippen molar-refractivity contribution in [3.63, 3.8) is 0 Å². The highest BCUT2D eigenvalue weighted by molar-refractivity contribution is 6.32. The van der Waals surface area contributed by atoms with Crippen molar-refractivity contribution in [1.82, 2.24) is 0 Å². The third-order valence-corrected chi connectivity index (χ3v) is 4.09.